The number of aromatic nitrogens is 2. The Balaban J connectivity index is 2.56. The zero-order valence-corrected chi connectivity index (χ0v) is 8.56. The highest BCUT2D eigenvalue weighted by atomic mass is 16.4. The van der Waals surface area contributed by atoms with Gasteiger partial charge in [0, 0.05) is 12.6 Å². The van der Waals surface area contributed by atoms with Crippen LogP contribution in [-0.4, -0.2) is 33.7 Å². The number of carbonyl (C=O) groups is 2. The monoisotopic (exact) mass is 225 g/mol. The number of aromatic amines is 1. The minimum atomic E-state index is -0.991. The maximum absolute atomic E-state index is 11.4. The molecule has 7 nitrogen and oxygen atoms in total. The van der Waals surface area contributed by atoms with Crippen LogP contribution in [0.15, 0.2) is 16.9 Å². The van der Waals surface area contributed by atoms with Crippen LogP contribution in [0.3, 0.4) is 0 Å². The zero-order chi connectivity index (χ0) is 12.1. The van der Waals surface area contributed by atoms with Crippen LogP contribution in [0, 0.1) is 5.92 Å². The molecule has 1 aromatic rings. The van der Waals surface area contributed by atoms with Crippen molar-refractivity contribution in [2.75, 3.05) is 6.54 Å². The number of aliphatic carboxylic acids is 1. The van der Waals surface area contributed by atoms with Crippen LogP contribution in [-0.2, 0) is 4.79 Å². The molecular formula is C9H11N3O4. The lowest BCUT2D eigenvalue weighted by molar-refractivity contribution is -0.140. The number of carboxylic acid groups (broad SMARTS) is 1. The van der Waals surface area contributed by atoms with Crippen molar-refractivity contribution in [1.82, 2.24) is 15.5 Å². The molecule has 1 atom stereocenters. The largest absolute Gasteiger partial charge is 0.481 e. The van der Waals surface area contributed by atoms with Crippen molar-refractivity contribution in [2.45, 2.75) is 6.92 Å². The number of carbonyl (C=O) groups excluding carboxylic acids is 1. The van der Waals surface area contributed by atoms with Crippen molar-refractivity contribution in [3.63, 3.8) is 0 Å². The molecule has 0 saturated heterocycles. The van der Waals surface area contributed by atoms with Gasteiger partial charge < -0.3 is 10.4 Å². The summed E-state index contributed by atoms with van der Waals surface area (Å²) in [6.45, 7) is 1.48. The summed E-state index contributed by atoms with van der Waals surface area (Å²) in [7, 11) is 0. The van der Waals surface area contributed by atoms with Crippen LogP contribution in [0.25, 0.3) is 0 Å². The molecule has 0 aliphatic heterocycles. The molecule has 1 amide bonds. The van der Waals surface area contributed by atoms with E-state index in [0.717, 1.165) is 0 Å². The van der Waals surface area contributed by atoms with Crippen molar-refractivity contribution in [1.29, 1.82) is 0 Å². The van der Waals surface area contributed by atoms with Crippen LogP contribution in [0.5, 0.6) is 0 Å². The van der Waals surface area contributed by atoms with E-state index < -0.39 is 23.4 Å². The first-order valence-corrected chi connectivity index (χ1v) is 4.57. The lowest BCUT2D eigenvalue weighted by atomic mass is 10.2. The average Bonchev–Trinajstić information content (AvgIpc) is 2.26. The first-order chi connectivity index (χ1) is 7.50. The molecule has 0 fully saturated rings. The van der Waals surface area contributed by atoms with E-state index in [4.69, 9.17) is 5.11 Å². The average molecular weight is 225 g/mol. The third-order valence-corrected chi connectivity index (χ3v) is 1.90. The van der Waals surface area contributed by atoms with Gasteiger partial charge in [-0.2, -0.15) is 5.10 Å². The summed E-state index contributed by atoms with van der Waals surface area (Å²) >= 11 is 0. The molecule has 1 heterocycles. The molecule has 1 rings (SSSR count). The zero-order valence-electron chi connectivity index (χ0n) is 8.56. The molecule has 0 aliphatic rings. The van der Waals surface area contributed by atoms with Gasteiger partial charge in [0.25, 0.3) is 11.5 Å². The SMILES string of the molecule is CC(CNC(=O)c1ccc(=O)[nH]n1)C(=O)O. The Hall–Kier alpha value is -2.18. The molecule has 7 heteroatoms. The Labute approximate surface area is 90.5 Å². The van der Waals surface area contributed by atoms with Crippen LogP contribution >= 0.6 is 0 Å². The summed E-state index contributed by atoms with van der Waals surface area (Å²) in [4.78, 5) is 32.5. The Morgan fingerprint density at radius 3 is 2.75 bits per heavy atom. The number of amides is 1. The minimum Gasteiger partial charge on any atom is -0.481 e. The Morgan fingerprint density at radius 2 is 2.25 bits per heavy atom. The standard InChI is InChI=1S/C9H11N3O4/c1-5(9(15)16)4-10-8(14)6-2-3-7(13)12-11-6/h2-3,5H,4H2,1H3,(H,10,14)(H,12,13)(H,15,16). The number of H-pyrrole nitrogens is 1. The molecule has 86 valence electrons. The van der Waals surface area contributed by atoms with Crippen molar-refractivity contribution >= 4 is 11.9 Å². The van der Waals surface area contributed by atoms with Gasteiger partial charge in [-0.15, -0.1) is 0 Å². The van der Waals surface area contributed by atoms with Gasteiger partial charge in [0.15, 0.2) is 0 Å². The van der Waals surface area contributed by atoms with Crippen LogP contribution in [0.4, 0.5) is 0 Å². The lowest BCUT2D eigenvalue weighted by Gasteiger charge is -2.07. The lowest BCUT2D eigenvalue weighted by Crippen LogP contribution is -2.32. The summed E-state index contributed by atoms with van der Waals surface area (Å²) in [5.74, 6) is -2.19. The number of nitrogens with zero attached hydrogens (tertiary/aromatic N) is 1. The molecule has 0 aromatic carbocycles. The first kappa shape index (κ1) is 11.9. The van der Waals surface area contributed by atoms with Gasteiger partial charge in [-0.1, -0.05) is 6.92 Å². The van der Waals surface area contributed by atoms with Crippen LogP contribution in [0.2, 0.25) is 0 Å². The van der Waals surface area contributed by atoms with E-state index in [1.807, 2.05) is 0 Å². The Morgan fingerprint density at radius 1 is 1.56 bits per heavy atom. The number of hydrogen-bond acceptors (Lipinski definition) is 4. The summed E-state index contributed by atoms with van der Waals surface area (Å²) in [5.41, 5.74) is -0.368. The second-order valence-corrected chi connectivity index (χ2v) is 3.26. The quantitative estimate of drug-likeness (QED) is 0.622. The van der Waals surface area contributed by atoms with Gasteiger partial charge in [0.1, 0.15) is 5.69 Å². The van der Waals surface area contributed by atoms with E-state index >= 15 is 0 Å². The fourth-order valence-corrected chi connectivity index (χ4v) is 0.895. The summed E-state index contributed by atoms with van der Waals surface area (Å²) in [5, 5.41) is 16.6. The fourth-order valence-electron chi connectivity index (χ4n) is 0.895. The number of hydrogen-bond donors (Lipinski definition) is 3. The second kappa shape index (κ2) is 5.06. The number of carboxylic acids is 1. The first-order valence-electron chi connectivity index (χ1n) is 4.57. The molecule has 0 bridgehead atoms. The smallest absolute Gasteiger partial charge is 0.308 e. The molecule has 0 spiro atoms. The van der Waals surface area contributed by atoms with Gasteiger partial charge in [-0.25, -0.2) is 5.10 Å². The molecule has 0 saturated carbocycles. The number of rotatable bonds is 4. The van der Waals surface area contributed by atoms with E-state index in [1.165, 1.54) is 19.1 Å². The molecule has 16 heavy (non-hydrogen) atoms. The van der Waals surface area contributed by atoms with Gasteiger partial charge in [-0.3, -0.25) is 14.4 Å². The number of nitrogens with one attached hydrogen (secondary N) is 2. The van der Waals surface area contributed by atoms with Crippen LogP contribution < -0.4 is 10.9 Å². The van der Waals surface area contributed by atoms with E-state index in [-0.39, 0.29) is 12.2 Å². The predicted molar refractivity (Wildman–Crippen MR) is 54.0 cm³/mol. The van der Waals surface area contributed by atoms with Crippen molar-refractivity contribution in [2.24, 2.45) is 5.92 Å². The Bertz CT molecular complexity index is 434. The van der Waals surface area contributed by atoms with Crippen molar-refractivity contribution in [3.8, 4) is 0 Å². The topological polar surface area (TPSA) is 112 Å². The molecule has 1 aromatic heterocycles. The van der Waals surface area contributed by atoms with E-state index in [2.05, 4.69) is 15.5 Å². The summed E-state index contributed by atoms with van der Waals surface area (Å²) in [6.07, 6.45) is 0. The minimum absolute atomic E-state index is 0.00890. The van der Waals surface area contributed by atoms with E-state index in [0.29, 0.717) is 0 Å². The highest BCUT2D eigenvalue weighted by Gasteiger charge is 2.13. The maximum atomic E-state index is 11.4. The van der Waals surface area contributed by atoms with E-state index in [1.54, 1.807) is 0 Å². The summed E-state index contributed by atoms with van der Waals surface area (Å²) in [6, 6.07) is 2.43. The van der Waals surface area contributed by atoms with E-state index in [9.17, 15) is 14.4 Å². The van der Waals surface area contributed by atoms with Gasteiger partial charge in [0.05, 0.1) is 5.92 Å². The highest BCUT2D eigenvalue weighted by molar-refractivity contribution is 5.92. The van der Waals surface area contributed by atoms with Crippen molar-refractivity contribution in [3.05, 3.63) is 28.2 Å². The molecule has 0 radical (unpaired) electrons. The third-order valence-electron chi connectivity index (χ3n) is 1.90. The predicted octanol–water partition coefficient (Wildman–Crippen LogP) is -0.780. The van der Waals surface area contributed by atoms with Crippen molar-refractivity contribution < 1.29 is 14.7 Å². The summed E-state index contributed by atoms with van der Waals surface area (Å²) < 4.78 is 0. The van der Waals surface area contributed by atoms with Crippen LogP contribution in [0.1, 0.15) is 17.4 Å². The van der Waals surface area contributed by atoms with Gasteiger partial charge in [0.2, 0.25) is 0 Å². The molecule has 3 N–H and O–H groups in total. The van der Waals surface area contributed by atoms with Gasteiger partial charge in [-0.05, 0) is 6.07 Å². The second-order valence-electron chi connectivity index (χ2n) is 3.26. The molecule has 0 aliphatic carbocycles. The Kier molecular flexibility index (Phi) is 3.76. The highest BCUT2D eigenvalue weighted by Crippen LogP contribution is 1.94. The maximum Gasteiger partial charge on any atom is 0.308 e. The van der Waals surface area contributed by atoms with Gasteiger partial charge >= 0.3 is 5.97 Å². The molecule has 1 unspecified atom stereocenters. The fraction of sp³-hybridized carbons (Fsp3) is 0.333. The third kappa shape index (κ3) is 3.19. The molecular weight excluding hydrogens is 214 g/mol. The normalized spacial score (nSPS) is 11.8.